The molecule has 1 aromatic heterocycles. The highest BCUT2D eigenvalue weighted by molar-refractivity contribution is 5.86. The number of aryl methyl sites for hydroxylation is 1. The van der Waals surface area contributed by atoms with Crippen LogP contribution >= 0.6 is 0 Å². The number of nitrogens with one attached hydrogen (secondary N) is 2. The van der Waals surface area contributed by atoms with E-state index in [-0.39, 0.29) is 5.92 Å². The Morgan fingerprint density at radius 1 is 1.12 bits per heavy atom. The maximum atomic E-state index is 12.8. The smallest absolute Gasteiger partial charge is 0.225 e. The lowest BCUT2D eigenvalue weighted by Gasteiger charge is -2.36. The number of aliphatic imine (C=N–C) groups is 1. The summed E-state index contributed by atoms with van der Waals surface area (Å²) in [4.78, 5) is 25.5. The van der Waals surface area contributed by atoms with Gasteiger partial charge in [0.1, 0.15) is 0 Å². The number of hydrogen-bond acceptors (Lipinski definition) is 3. The molecule has 3 heterocycles. The molecule has 0 saturated carbocycles. The average Bonchev–Trinajstić information content (AvgIpc) is 3.27. The molecule has 0 aliphatic carbocycles. The summed E-state index contributed by atoms with van der Waals surface area (Å²) < 4.78 is 5.38. The van der Waals surface area contributed by atoms with E-state index in [1.807, 2.05) is 4.90 Å². The minimum Gasteiger partial charge on any atom is -0.378 e. The van der Waals surface area contributed by atoms with Crippen molar-refractivity contribution >= 4 is 22.8 Å². The number of guanidine groups is 1. The highest BCUT2D eigenvalue weighted by Crippen LogP contribution is 2.23. The maximum Gasteiger partial charge on any atom is 0.225 e. The Kier molecular flexibility index (Phi) is 7.68. The van der Waals surface area contributed by atoms with Gasteiger partial charge in [0.05, 0.1) is 13.2 Å². The molecule has 2 saturated heterocycles. The molecule has 0 spiro atoms. The Morgan fingerprint density at radius 3 is 2.62 bits per heavy atom. The number of rotatable bonds is 6. The van der Waals surface area contributed by atoms with Crippen molar-refractivity contribution in [1.29, 1.82) is 0 Å². The number of piperidine rings is 1. The molecular formula is C25H37N5O2. The number of carbonyl (C=O) groups is 1. The first kappa shape index (κ1) is 22.6. The monoisotopic (exact) mass is 439 g/mol. The van der Waals surface area contributed by atoms with Crippen molar-refractivity contribution < 1.29 is 9.53 Å². The lowest BCUT2D eigenvalue weighted by Crippen LogP contribution is -2.50. The summed E-state index contributed by atoms with van der Waals surface area (Å²) in [6.07, 6.45) is 5.86. The van der Waals surface area contributed by atoms with Crippen LogP contribution in [0.25, 0.3) is 10.9 Å². The molecule has 2 aromatic rings. The summed E-state index contributed by atoms with van der Waals surface area (Å²) in [6.45, 7) is 10.4. The summed E-state index contributed by atoms with van der Waals surface area (Å²) in [5.74, 6) is 1.41. The number of ether oxygens (including phenoxy) is 1. The first-order valence-electron chi connectivity index (χ1n) is 12.2. The molecule has 7 nitrogen and oxygen atoms in total. The molecule has 1 aromatic carbocycles. The number of amides is 1. The van der Waals surface area contributed by atoms with Crippen LogP contribution in [0.4, 0.5) is 0 Å². The molecule has 2 aliphatic heterocycles. The van der Waals surface area contributed by atoms with Gasteiger partial charge in [-0.2, -0.15) is 0 Å². The van der Waals surface area contributed by atoms with Gasteiger partial charge >= 0.3 is 0 Å². The Balaban J connectivity index is 1.34. The van der Waals surface area contributed by atoms with Gasteiger partial charge in [-0.15, -0.1) is 0 Å². The standard InChI is InChI=1S/C25H37N5O2/c1-3-19-6-5-7-22-21(18-28-23(19)22)8-11-27-25(26-4-2)30-12-9-20(10-13-30)24(31)29-14-16-32-17-15-29/h5-7,18,20,28H,3-4,8-17H2,1-2H3,(H,26,27). The Bertz CT molecular complexity index is 924. The van der Waals surface area contributed by atoms with Crippen LogP contribution in [0.15, 0.2) is 29.4 Å². The van der Waals surface area contributed by atoms with Crippen LogP contribution in [0.3, 0.4) is 0 Å². The molecule has 4 rings (SSSR count). The van der Waals surface area contributed by atoms with Crippen molar-refractivity contribution in [2.45, 2.75) is 39.5 Å². The van der Waals surface area contributed by atoms with Gasteiger partial charge in [-0.1, -0.05) is 25.1 Å². The maximum absolute atomic E-state index is 12.8. The van der Waals surface area contributed by atoms with Crippen LogP contribution in [-0.2, 0) is 22.4 Å². The van der Waals surface area contributed by atoms with E-state index < -0.39 is 0 Å². The van der Waals surface area contributed by atoms with Gasteiger partial charge in [-0.05, 0) is 43.7 Å². The van der Waals surface area contributed by atoms with E-state index >= 15 is 0 Å². The first-order valence-corrected chi connectivity index (χ1v) is 12.2. The van der Waals surface area contributed by atoms with Crippen molar-refractivity contribution in [3.8, 4) is 0 Å². The molecule has 2 fully saturated rings. The van der Waals surface area contributed by atoms with E-state index in [9.17, 15) is 4.79 Å². The van der Waals surface area contributed by atoms with Crippen LogP contribution in [0.1, 0.15) is 37.8 Å². The van der Waals surface area contributed by atoms with E-state index in [1.165, 1.54) is 22.0 Å². The fourth-order valence-electron chi connectivity index (χ4n) is 4.86. The molecule has 0 radical (unpaired) electrons. The second-order valence-corrected chi connectivity index (χ2v) is 8.69. The second-order valence-electron chi connectivity index (χ2n) is 8.69. The minimum absolute atomic E-state index is 0.131. The third kappa shape index (κ3) is 5.09. The zero-order valence-electron chi connectivity index (χ0n) is 19.5. The summed E-state index contributed by atoms with van der Waals surface area (Å²) in [6, 6.07) is 6.54. The Morgan fingerprint density at radius 2 is 1.91 bits per heavy atom. The quantitative estimate of drug-likeness (QED) is 0.536. The second kappa shape index (κ2) is 10.9. The molecular weight excluding hydrogens is 402 g/mol. The summed E-state index contributed by atoms with van der Waals surface area (Å²) in [7, 11) is 0. The third-order valence-electron chi connectivity index (χ3n) is 6.71. The van der Waals surface area contributed by atoms with Crippen molar-refractivity contribution in [2.24, 2.45) is 10.9 Å². The Hall–Kier alpha value is -2.54. The zero-order chi connectivity index (χ0) is 22.3. The van der Waals surface area contributed by atoms with Gasteiger partial charge in [-0.25, -0.2) is 0 Å². The van der Waals surface area contributed by atoms with Crippen molar-refractivity contribution in [1.82, 2.24) is 20.1 Å². The number of nitrogens with zero attached hydrogens (tertiary/aromatic N) is 3. The SMILES string of the molecule is CCNC(=NCCc1c[nH]c2c(CC)cccc12)N1CCC(C(=O)N2CCOCC2)CC1. The lowest BCUT2D eigenvalue weighted by molar-refractivity contribution is -0.140. The number of carbonyl (C=O) groups excluding carboxylic acids is 1. The number of likely N-dealkylation sites (tertiary alicyclic amines) is 1. The highest BCUT2D eigenvalue weighted by Gasteiger charge is 2.30. The van der Waals surface area contributed by atoms with Gasteiger partial charge in [0.25, 0.3) is 0 Å². The molecule has 7 heteroatoms. The molecule has 2 N–H and O–H groups in total. The van der Waals surface area contributed by atoms with Gasteiger partial charge < -0.3 is 24.8 Å². The van der Waals surface area contributed by atoms with Gasteiger partial charge in [-0.3, -0.25) is 9.79 Å². The number of H-pyrrole nitrogens is 1. The summed E-state index contributed by atoms with van der Waals surface area (Å²) in [5.41, 5.74) is 3.94. The number of morpholine rings is 1. The fourth-order valence-corrected chi connectivity index (χ4v) is 4.86. The van der Waals surface area contributed by atoms with E-state index in [0.717, 1.165) is 70.9 Å². The van der Waals surface area contributed by atoms with Crippen LogP contribution in [-0.4, -0.2) is 79.1 Å². The number of benzene rings is 1. The minimum atomic E-state index is 0.131. The van der Waals surface area contributed by atoms with Crippen LogP contribution in [0.5, 0.6) is 0 Å². The average molecular weight is 440 g/mol. The largest absolute Gasteiger partial charge is 0.378 e. The molecule has 0 atom stereocenters. The van der Waals surface area contributed by atoms with Crippen LogP contribution in [0.2, 0.25) is 0 Å². The van der Waals surface area contributed by atoms with Gasteiger partial charge in [0.2, 0.25) is 5.91 Å². The predicted molar refractivity (Wildman–Crippen MR) is 129 cm³/mol. The van der Waals surface area contributed by atoms with Gasteiger partial charge in [0, 0.05) is 62.3 Å². The topological polar surface area (TPSA) is 73.0 Å². The normalized spacial score (nSPS) is 18.4. The molecule has 174 valence electrons. The number of fused-ring (bicyclic) bond motifs is 1. The van der Waals surface area contributed by atoms with E-state index in [4.69, 9.17) is 9.73 Å². The van der Waals surface area contributed by atoms with E-state index in [2.05, 4.69) is 53.4 Å². The molecule has 2 aliphatic rings. The predicted octanol–water partition coefficient (Wildman–Crippen LogP) is 2.81. The number of para-hydroxylation sites is 1. The zero-order valence-corrected chi connectivity index (χ0v) is 19.5. The fraction of sp³-hybridized carbons (Fsp3) is 0.600. The third-order valence-corrected chi connectivity index (χ3v) is 6.71. The molecule has 1 amide bonds. The van der Waals surface area contributed by atoms with Crippen molar-refractivity contribution in [3.05, 3.63) is 35.5 Å². The van der Waals surface area contributed by atoms with E-state index in [0.29, 0.717) is 19.1 Å². The van der Waals surface area contributed by atoms with Crippen LogP contribution in [0, 0.1) is 5.92 Å². The van der Waals surface area contributed by atoms with E-state index in [1.54, 1.807) is 0 Å². The van der Waals surface area contributed by atoms with Gasteiger partial charge in [0.15, 0.2) is 5.96 Å². The lowest BCUT2D eigenvalue weighted by atomic mass is 9.95. The van der Waals surface area contributed by atoms with Crippen molar-refractivity contribution in [2.75, 3.05) is 52.5 Å². The number of hydrogen-bond donors (Lipinski definition) is 2. The summed E-state index contributed by atoms with van der Waals surface area (Å²) >= 11 is 0. The molecule has 0 bridgehead atoms. The van der Waals surface area contributed by atoms with Crippen LogP contribution < -0.4 is 5.32 Å². The molecule has 0 unspecified atom stereocenters. The molecule has 32 heavy (non-hydrogen) atoms. The number of aromatic amines is 1. The number of aromatic nitrogens is 1. The Labute approximate surface area is 191 Å². The van der Waals surface area contributed by atoms with Crippen molar-refractivity contribution in [3.63, 3.8) is 0 Å². The first-order chi connectivity index (χ1) is 15.7. The summed E-state index contributed by atoms with van der Waals surface area (Å²) in [5, 5.41) is 4.76. The highest BCUT2D eigenvalue weighted by atomic mass is 16.5.